The zero-order valence-corrected chi connectivity index (χ0v) is 14.2. The number of ether oxygens (including phenoxy) is 1. The van der Waals surface area contributed by atoms with Crippen molar-refractivity contribution in [3.05, 3.63) is 30.1 Å². The molecule has 0 spiro atoms. The Kier molecular flexibility index (Phi) is 4.75. The predicted molar refractivity (Wildman–Crippen MR) is 89.9 cm³/mol. The van der Waals surface area contributed by atoms with Crippen molar-refractivity contribution in [2.24, 2.45) is 0 Å². The van der Waals surface area contributed by atoms with Crippen LogP contribution in [0.5, 0.6) is 5.75 Å². The minimum Gasteiger partial charge on any atom is -0.489 e. The van der Waals surface area contributed by atoms with Crippen LogP contribution >= 0.6 is 0 Å². The van der Waals surface area contributed by atoms with Crippen molar-refractivity contribution in [2.75, 3.05) is 36.1 Å². The average molecular weight is 354 g/mol. The van der Waals surface area contributed by atoms with Crippen molar-refractivity contribution in [1.82, 2.24) is 4.98 Å². The third kappa shape index (κ3) is 3.69. The molecule has 1 fully saturated rings. The smallest absolute Gasteiger partial charge is 0.298 e. The number of hydrogen-bond donors (Lipinski definition) is 0. The number of aromatic nitrogens is 1. The second kappa shape index (κ2) is 6.80. The van der Waals surface area contributed by atoms with E-state index in [1.807, 2.05) is 11.8 Å². The maximum Gasteiger partial charge on any atom is 0.298 e. The average Bonchev–Trinajstić information content (AvgIpc) is 2.99. The SMILES string of the molecule is CC/C(=C\F)COc1ccc2nc(N3CCS(=O)(=O)CC3)oc2c1. The number of benzene rings is 1. The topological polar surface area (TPSA) is 72.6 Å². The van der Waals surface area contributed by atoms with Gasteiger partial charge in [-0.2, -0.15) is 4.98 Å². The maximum atomic E-state index is 12.6. The van der Waals surface area contributed by atoms with E-state index in [0.717, 1.165) is 0 Å². The monoisotopic (exact) mass is 354 g/mol. The molecule has 0 saturated carbocycles. The molecule has 2 aromatic rings. The molecule has 1 aliphatic rings. The van der Waals surface area contributed by atoms with Gasteiger partial charge in [0.25, 0.3) is 6.01 Å². The fraction of sp³-hybridized carbons (Fsp3) is 0.438. The summed E-state index contributed by atoms with van der Waals surface area (Å²) in [5.74, 6) is 0.782. The standard InChI is InChI=1S/C16H19FN2O4S/c1-2-12(10-17)11-22-13-3-4-14-15(9-13)23-16(18-14)19-5-7-24(20,21)8-6-19/h3-4,9-10H,2,5-8,11H2,1H3/b12-10+. The van der Waals surface area contributed by atoms with Crippen LogP contribution in [0.25, 0.3) is 11.1 Å². The summed E-state index contributed by atoms with van der Waals surface area (Å²) in [6.07, 6.45) is 1.15. The maximum absolute atomic E-state index is 12.6. The van der Waals surface area contributed by atoms with Crippen molar-refractivity contribution in [2.45, 2.75) is 13.3 Å². The Balaban J connectivity index is 1.74. The molecule has 1 aromatic heterocycles. The Morgan fingerprint density at radius 2 is 2.17 bits per heavy atom. The van der Waals surface area contributed by atoms with Gasteiger partial charge < -0.3 is 14.1 Å². The molecular formula is C16H19FN2O4S. The number of oxazole rings is 1. The highest BCUT2D eigenvalue weighted by molar-refractivity contribution is 7.91. The van der Waals surface area contributed by atoms with E-state index in [0.29, 0.717) is 54.3 Å². The summed E-state index contributed by atoms with van der Waals surface area (Å²) in [6, 6.07) is 5.64. The lowest BCUT2D eigenvalue weighted by molar-refractivity contribution is 0.345. The van der Waals surface area contributed by atoms with Gasteiger partial charge in [0.15, 0.2) is 15.4 Å². The van der Waals surface area contributed by atoms with Gasteiger partial charge in [-0.3, -0.25) is 0 Å². The third-order valence-corrected chi connectivity index (χ3v) is 5.61. The first-order chi connectivity index (χ1) is 11.5. The molecule has 0 aliphatic carbocycles. The predicted octanol–water partition coefficient (Wildman–Crippen LogP) is 2.70. The van der Waals surface area contributed by atoms with Gasteiger partial charge in [-0.05, 0) is 24.1 Å². The molecule has 2 heterocycles. The van der Waals surface area contributed by atoms with E-state index in [2.05, 4.69) is 4.98 Å². The molecule has 1 aliphatic heterocycles. The van der Waals surface area contributed by atoms with E-state index in [9.17, 15) is 12.8 Å². The van der Waals surface area contributed by atoms with E-state index in [-0.39, 0.29) is 18.1 Å². The number of halogens is 1. The van der Waals surface area contributed by atoms with Crippen LogP contribution in [-0.2, 0) is 9.84 Å². The van der Waals surface area contributed by atoms with Crippen LogP contribution < -0.4 is 9.64 Å². The van der Waals surface area contributed by atoms with Gasteiger partial charge in [0, 0.05) is 19.2 Å². The summed E-state index contributed by atoms with van der Waals surface area (Å²) in [7, 11) is -2.95. The number of anilines is 1. The fourth-order valence-corrected chi connectivity index (χ4v) is 3.61. The van der Waals surface area contributed by atoms with Gasteiger partial charge >= 0.3 is 0 Å². The Labute approximate surface area is 139 Å². The van der Waals surface area contributed by atoms with Crippen LogP contribution in [0.4, 0.5) is 10.4 Å². The Bertz CT molecular complexity index is 846. The summed E-state index contributed by atoms with van der Waals surface area (Å²) in [5, 5.41) is 0. The van der Waals surface area contributed by atoms with Crippen molar-refractivity contribution >= 4 is 27.0 Å². The first-order valence-electron chi connectivity index (χ1n) is 7.77. The first kappa shape index (κ1) is 16.8. The summed E-state index contributed by atoms with van der Waals surface area (Å²) >= 11 is 0. The Morgan fingerprint density at radius 1 is 1.42 bits per heavy atom. The normalized spacial score (nSPS) is 18.1. The molecule has 1 aromatic carbocycles. The van der Waals surface area contributed by atoms with E-state index in [4.69, 9.17) is 9.15 Å². The summed E-state index contributed by atoms with van der Waals surface area (Å²) < 4.78 is 46.8. The lowest BCUT2D eigenvalue weighted by Gasteiger charge is -2.24. The Hall–Kier alpha value is -2.09. The molecular weight excluding hydrogens is 335 g/mol. The van der Waals surface area contributed by atoms with E-state index in [1.54, 1.807) is 18.2 Å². The number of hydrogen-bond acceptors (Lipinski definition) is 6. The lowest BCUT2D eigenvalue weighted by atomic mass is 10.2. The summed E-state index contributed by atoms with van der Waals surface area (Å²) in [5.41, 5.74) is 1.80. The largest absolute Gasteiger partial charge is 0.489 e. The zero-order chi connectivity index (χ0) is 17.2. The van der Waals surface area contributed by atoms with E-state index < -0.39 is 9.84 Å². The van der Waals surface area contributed by atoms with E-state index >= 15 is 0 Å². The zero-order valence-electron chi connectivity index (χ0n) is 13.4. The molecule has 3 rings (SSSR count). The Morgan fingerprint density at radius 3 is 2.83 bits per heavy atom. The minimum atomic E-state index is -2.95. The summed E-state index contributed by atoms with van der Waals surface area (Å²) in [4.78, 5) is 6.21. The molecule has 0 amide bonds. The van der Waals surface area contributed by atoms with Crippen molar-refractivity contribution in [3.63, 3.8) is 0 Å². The molecule has 0 radical (unpaired) electrons. The lowest BCUT2D eigenvalue weighted by Crippen LogP contribution is -2.40. The second-order valence-corrected chi connectivity index (χ2v) is 7.98. The van der Waals surface area contributed by atoms with Crippen LogP contribution in [0.15, 0.2) is 34.5 Å². The van der Waals surface area contributed by atoms with Crippen LogP contribution in [0.3, 0.4) is 0 Å². The van der Waals surface area contributed by atoms with Gasteiger partial charge in [-0.25, -0.2) is 12.8 Å². The molecule has 0 unspecified atom stereocenters. The summed E-state index contributed by atoms with van der Waals surface area (Å²) in [6.45, 7) is 2.79. The molecule has 0 atom stereocenters. The molecule has 1 saturated heterocycles. The molecule has 8 heteroatoms. The molecule has 130 valence electrons. The number of nitrogens with zero attached hydrogens (tertiary/aromatic N) is 2. The first-order valence-corrected chi connectivity index (χ1v) is 9.60. The quantitative estimate of drug-likeness (QED) is 0.822. The number of fused-ring (bicyclic) bond motifs is 1. The highest BCUT2D eigenvalue weighted by Crippen LogP contribution is 2.27. The van der Waals surface area contributed by atoms with Gasteiger partial charge in [0.05, 0.1) is 17.8 Å². The van der Waals surface area contributed by atoms with Crippen molar-refractivity contribution in [1.29, 1.82) is 0 Å². The van der Waals surface area contributed by atoms with Gasteiger partial charge in [0.1, 0.15) is 17.9 Å². The van der Waals surface area contributed by atoms with Gasteiger partial charge in [0.2, 0.25) is 0 Å². The molecule has 0 bridgehead atoms. The number of rotatable bonds is 5. The van der Waals surface area contributed by atoms with Crippen molar-refractivity contribution < 1.29 is 22.0 Å². The van der Waals surface area contributed by atoms with Crippen LogP contribution in [0.1, 0.15) is 13.3 Å². The van der Waals surface area contributed by atoms with Gasteiger partial charge in [-0.1, -0.05) is 6.92 Å². The van der Waals surface area contributed by atoms with Crippen LogP contribution in [-0.4, -0.2) is 44.6 Å². The number of sulfone groups is 1. The van der Waals surface area contributed by atoms with Gasteiger partial charge in [-0.15, -0.1) is 0 Å². The molecule has 0 N–H and O–H groups in total. The van der Waals surface area contributed by atoms with E-state index in [1.165, 1.54) is 0 Å². The van der Waals surface area contributed by atoms with Crippen LogP contribution in [0, 0.1) is 0 Å². The minimum absolute atomic E-state index is 0.107. The second-order valence-electron chi connectivity index (χ2n) is 5.67. The highest BCUT2D eigenvalue weighted by Gasteiger charge is 2.24. The highest BCUT2D eigenvalue weighted by atomic mass is 32.2. The van der Waals surface area contributed by atoms with Crippen molar-refractivity contribution in [3.8, 4) is 5.75 Å². The molecule has 24 heavy (non-hydrogen) atoms. The van der Waals surface area contributed by atoms with Crippen LogP contribution in [0.2, 0.25) is 0 Å². The fourth-order valence-electron chi connectivity index (χ4n) is 2.41. The third-order valence-electron chi connectivity index (χ3n) is 4.00. The molecule has 6 nitrogen and oxygen atoms in total.